The van der Waals surface area contributed by atoms with E-state index in [4.69, 9.17) is 0 Å². The Kier molecular flexibility index (Phi) is 4.20. The van der Waals surface area contributed by atoms with Crippen molar-refractivity contribution in [2.75, 3.05) is 13.1 Å². The molecule has 1 saturated heterocycles. The molecule has 1 N–H and O–H groups in total. The maximum atomic E-state index is 9.17. The fourth-order valence-corrected chi connectivity index (χ4v) is 2.64. The lowest BCUT2D eigenvalue weighted by Crippen LogP contribution is -2.50. The topological polar surface area (TPSA) is 39.1 Å². The molecule has 2 atom stereocenters. The molecule has 16 heavy (non-hydrogen) atoms. The fraction of sp³-hybridized carbons (Fsp3) is 0.923. The highest BCUT2D eigenvalue weighted by molar-refractivity contribution is 4.96. The van der Waals surface area contributed by atoms with Crippen molar-refractivity contribution in [2.24, 2.45) is 0 Å². The average molecular weight is 221 g/mol. The van der Waals surface area contributed by atoms with Crippen molar-refractivity contribution < 1.29 is 0 Å². The second-order valence-corrected chi connectivity index (χ2v) is 5.12. The van der Waals surface area contributed by atoms with Crippen LogP contribution in [-0.2, 0) is 0 Å². The monoisotopic (exact) mass is 221 g/mol. The molecule has 2 aliphatic rings. The van der Waals surface area contributed by atoms with Crippen molar-refractivity contribution in [3.05, 3.63) is 0 Å². The molecule has 3 nitrogen and oxygen atoms in total. The summed E-state index contributed by atoms with van der Waals surface area (Å²) in [5.41, 5.74) is 0. The van der Waals surface area contributed by atoms with E-state index < -0.39 is 0 Å². The molecule has 0 aromatic heterocycles. The number of piperidine rings is 1. The van der Waals surface area contributed by atoms with Gasteiger partial charge in [-0.3, -0.25) is 4.90 Å². The summed E-state index contributed by atoms with van der Waals surface area (Å²) in [5.74, 6) is 0. The molecule has 3 heteroatoms. The van der Waals surface area contributed by atoms with E-state index in [1.54, 1.807) is 0 Å². The van der Waals surface area contributed by atoms with Crippen molar-refractivity contribution >= 4 is 0 Å². The van der Waals surface area contributed by atoms with Crippen molar-refractivity contribution in [2.45, 2.75) is 63.6 Å². The summed E-state index contributed by atoms with van der Waals surface area (Å²) >= 11 is 0. The van der Waals surface area contributed by atoms with Gasteiger partial charge in [-0.05, 0) is 38.6 Å². The van der Waals surface area contributed by atoms with Crippen LogP contribution in [-0.4, -0.2) is 36.1 Å². The second kappa shape index (κ2) is 5.65. The van der Waals surface area contributed by atoms with E-state index in [1.807, 2.05) is 0 Å². The van der Waals surface area contributed by atoms with Gasteiger partial charge in [0.15, 0.2) is 0 Å². The molecule has 1 saturated carbocycles. The Bertz CT molecular complexity index is 254. The van der Waals surface area contributed by atoms with E-state index in [2.05, 4.69) is 23.2 Å². The van der Waals surface area contributed by atoms with Crippen LogP contribution in [0, 0.1) is 11.3 Å². The van der Waals surface area contributed by atoms with Crippen LogP contribution in [0.4, 0.5) is 0 Å². The molecule has 2 rings (SSSR count). The highest BCUT2D eigenvalue weighted by Crippen LogP contribution is 2.23. The predicted molar refractivity (Wildman–Crippen MR) is 65.1 cm³/mol. The van der Waals surface area contributed by atoms with E-state index in [9.17, 15) is 5.26 Å². The van der Waals surface area contributed by atoms with E-state index >= 15 is 0 Å². The molecular formula is C13H23N3. The third-order valence-corrected chi connectivity index (χ3v) is 3.83. The average Bonchev–Trinajstić information content (AvgIpc) is 3.13. The Balaban J connectivity index is 1.87. The normalized spacial score (nSPS) is 28.6. The minimum atomic E-state index is 0.131. The van der Waals surface area contributed by atoms with Gasteiger partial charge in [0.2, 0.25) is 0 Å². The highest BCUT2D eigenvalue weighted by Gasteiger charge is 2.29. The Morgan fingerprint density at radius 2 is 2.19 bits per heavy atom. The molecule has 1 heterocycles. The summed E-state index contributed by atoms with van der Waals surface area (Å²) in [4.78, 5) is 2.43. The fourth-order valence-electron chi connectivity index (χ4n) is 2.64. The van der Waals surface area contributed by atoms with E-state index in [-0.39, 0.29) is 6.04 Å². The predicted octanol–water partition coefficient (Wildman–Crippen LogP) is 1.90. The lowest BCUT2D eigenvalue weighted by atomic mass is 9.99. The number of hydrogen-bond donors (Lipinski definition) is 1. The number of nitrogens with zero attached hydrogens (tertiary/aromatic N) is 2. The van der Waals surface area contributed by atoms with Gasteiger partial charge in [-0.15, -0.1) is 0 Å². The van der Waals surface area contributed by atoms with Gasteiger partial charge in [0, 0.05) is 18.6 Å². The van der Waals surface area contributed by atoms with E-state index in [0.717, 1.165) is 25.6 Å². The number of nitrogens with one attached hydrogen (secondary N) is 1. The summed E-state index contributed by atoms with van der Waals surface area (Å²) < 4.78 is 0. The van der Waals surface area contributed by atoms with Gasteiger partial charge < -0.3 is 5.32 Å². The van der Waals surface area contributed by atoms with E-state index in [1.165, 1.54) is 32.1 Å². The van der Waals surface area contributed by atoms with Crippen LogP contribution < -0.4 is 5.32 Å². The maximum Gasteiger partial charge on any atom is 0.0978 e. The van der Waals surface area contributed by atoms with Gasteiger partial charge in [-0.1, -0.05) is 13.3 Å². The number of likely N-dealkylation sites (tertiary alicyclic amines) is 1. The lowest BCUT2D eigenvalue weighted by molar-refractivity contribution is 0.116. The largest absolute Gasteiger partial charge is 0.312 e. The van der Waals surface area contributed by atoms with Crippen LogP contribution in [0.3, 0.4) is 0 Å². The van der Waals surface area contributed by atoms with Crippen LogP contribution in [0.1, 0.15) is 45.4 Å². The molecule has 0 aromatic rings. The first-order valence-electron chi connectivity index (χ1n) is 6.74. The third kappa shape index (κ3) is 2.96. The molecule has 90 valence electrons. The lowest BCUT2D eigenvalue weighted by Gasteiger charge is -2.38. The third-order valence-electron chi connectivity index (χ3n) is 3.83. The number of hydrogen-bond acceptors (Lipinski definition) is 3. The summed E-state index contributed by atoms with van der Waals surface area (Å²) in [6, 6.07) is 3.96. The van der Waals surface area contributed by atoms with Crippen LogP contribution in [0.25, 0.3) is 0 Å². The summed E-state index contributed by atoms with van der Waals surface area (Å²) in [5, 5.41) is 12.8. The minimum absolute atomic E-state index is 0.131. The van der Waals surface area contributed by atoms with Gasteiger partial charge in [-0.2, -0.15) is 5.26 Å². The van der Waals surface area contributed by atoms with Gasteiger partial charge in [0.25, 0.3) is 0 Å². The van der Waals surface area contributed by atoms with Crippen molar-refractivity contribution in [3.8, 4) is 6.07 Å². The number of nitriles is 1. The summed E-state index contributed by atoms with van der Waals surface area (Å²) in [6.07, 6.45) is 7.51. The molecule has 0 spiro atoms. The number of rotatable bonds is 5. The van der Waals surface area contributed by atoms with Crippen molar-refractivity contribution in [1.82, 2.24) is 10.2 Å². The van der Waals surface area contributed by atoms with Crippen LogP contribution >= 0.6 is 0 Å². The van der Waals surface area contributed by atoms with Crippen LogP contribution in [0.2, 0.25) is 0 Å². The Morgan fingerprint density at radius 3 is 2.81 bits per heavy atom. The minimum Gasteiger partial charge on any atom is -0.312 e. The van der Waals surface area contributed by atoms with Gasteiger partial charge in [0.05, 0.1) is 12.1 Å². The second-order valence-electron chi connectivity index (χ2n) is 5.12. The first-order valence-corrected chi connectivity index (χ1v) is 6.74. The quantitative estimate of drug-likeness (QED) is 0.770. The van der Waals surface area contributed by atoms with Crippen LogP contribution in [0.15, 0.2) is 0 Å². The summed E-state index contributed by atoms with van der Waals surface area (Å²) in [7, 11) is 0. The molecule has 0 amide bonds. The van der Waals surface area contributed by atoms with Gasteiger partial charge in [-0.25, -0.2) is 0 Å². The molecule has 1 aliphatic carbocycles. The maximum absolute atomic E-state index is 9.17. The summed E-state index contributed by atoms with van der Waals surface area (Å²) in [6.45, 7) is 4.32. The molecule has 0 radical (unpaired) electrons. The van der Waals surface area contributed by atoms with Crippen molar-refractivity contribution in [3.63, 3.8) is 0 Å². The highest BCUT2D eigenvalue weighted by atomic mass is 15.2. The molecule has 0 aromatic carbocycles. The van der Waals surface area contributed by atoms with E-state index in [0.29, 0.717) is 6.04 Å². The molecule has 1 aliphatic heterocycles. The first-order chi connectivity index (χ1) is 7.85. The molecule has 2 unspecified atom stereocenters. The Hall–Kier alpha value is -0.590. The molecule has 2 fully saturated rings. The standard InChI is InChI=1S/C13H23N3/c1-2-12(9-14)16-8-4-3-5-13(16)10-15-11-6-7-11/h11-13,15H,2-8,10H2,1H3. The zero-order chi connectivity index (χ0) is 11.4. The molecular weight excluding hydrogens is 198 g/mol. The van der Waals surface area contributed by atoms with Gasteiger partial charge >= 0.3 is 0 Å². The molecule has 0 bridgehead atoms. The smallest absolute Gasteiger partial charge is 0.0978 e. The Morgan fingerprint density at radius 1 is 1.38 bits per heavy atom. The first kappa shape index (κ1) is 11.9. The Labute approximate surface area is 98.8 Å². The van der Waals surface area contributed by atoms with Crippen molar-refractivity contribution in [1.29, 1.82) is 5.26 Å². The SMILES string of the molecule is CCC(C#N)N1CCCCC1CNC1CC1. The van der Waals surface area contributed by atoms with Gasteiger partial charge in [0.1, 0.15) is 0 Å². The van der Waals surface area contributed by atoms with Crippen LogP contribution in [0.5, 0.6) is 0 Å². The zero-order valence-corrected chi connectivity index (χ0v) is 10.3. The zero-order valence-electron chi connectivity index (χ0n) is 10.3.